The van der Waals surface area contributed by atoms with Crippen LogP contribution in [0.5, 0.6) is 0 Å². The molecule has 0 N–H and O–H groups in total. The second-order valence-corrected chi connectivity index (χ2v) is 6.37. The van der Waals surface area contributed by atoms with Crippen LogP contribution in [0.1, 0.15) is 36.7 Å². The van der Waals surface area contributed by atoms with Crippen LogP contribution >= 0.6 is 11.6 Å². The Bertz CT molecular complexity index is 662. The number of rotatable bonds is 7. The molecule has 1 aromatic heterocycles. The number of oxime groups is 1. The molecule has 0 atom stereocenters. The molecule has 1 heterocycles. The van der Waals surface area contributed by atoms with Crippen LogP contribution in [0, 0.1) is 0 Å². The minimum Gasteiger partial charge on any atom is -0.465 e. The Kier molecular flexibility index (Phi) is 7.44. The second kappa shape index (κ2) is 8.84. The first-order valence-electron chi connectivity index (χ1n) is 7.42. The standard InChI is InChI=1S/C16H23ClN2O5/c1-16(2,3)23-8-9-24-18-7-6-11-10-12(20)19(4)14(17)13(11)15(21)22-5/h7,10H,6,8-9H2,1-5H3. The van der Waals surface area contributed by atoms with Crippen molar-refractivity contribution < 1.29 is 19.1 Å². The molecule has 0 aliphatic carbocycles. The maximum atomic E-state index is 11.9. The first-order valence-corrected chi connectivity index (χ1v) is 7.79. The molecule has 0 aromatic carbocycles. The summed E-state index contributed by atoms with van der Waals surface area (Å²) in [5.74, 6) is -0.613. The van der Waals surface area contributed by atoms with Crippen molar-refractivity contribution in [3.05, 3.63) is 32.7 Å². The third-order valence-electron chi connectivity index (χ3n) is 3.01. The fraction of sp³-hybridized carbons (Fsp3) is 0.562. The van der Waals surface area contributed by atoms with Gasteiger partial charge in [0.2, 0.25) is 0 Å². The van der Waals surface area contributed by atoms with E-state index in [4.69, 9.17) is 25.9 Å². The second-order valence-electron chi connectivity index (χ2n) is 6.01. The summed E-state index contributed by atoms with van der Waals surface area (Å²) in [6, 6.07) is 1.33. The number of carbonyl (C=O) groups is 1. The van der Waals surface area contributed by atoms with E-state index in [0.717, 1.165) is 0 Å². The van der Waals surface area contributed by atoms with E-state index in [0.29, 0.717) is 18.8 Å². The zero-order valence-electron chi connectivity index (χ0n) is 14.6. The first kappa shape index (κ1) is 20.2. The van der Waals surface area contributed by atoms with Crippen molar-refractivity contribution in [2.24, 2.45) is 12.2 Å². The Morgan fingerprint density at radius 2 is 2.04 bits per heavy atom. The lowest BCUT2D eigenvalue weighted by Gasteiger charge is -2.18. The highest BCUT2D eigenvalue weighted by Gasteiger charge is 2.19. The molecule has 134 valence electrons. The van der Waals surface area contributed by atoms with Crippen molar-refractivity contribution in [2.45, 2.75) is 32.8 Å². The predicted octanol–water partition coefficient (Wildman–Crippen LogP) is 2.19. The molecular formula is C16H23ClN2O5. The van der Waals surface area contributed by atoms with Gasteiger partial charge in [-0.1, -0.05) is 16.8 Å². The van der Waals surface area contributed by atoms with Gasteiger partial charge in [0.05, 0.1) is 24.9 Å². The van der Waals surface area contributed by atoms with Crippen LogP contribution in [0.4, 0.5) is 0 Å². The summed E-state index contributed by atoms with van der Waals surface area (Å²) in [5.41, 5.74) is 0.0103. The fourth-order valence-electron chi connectivity index (χ4n) is 1.82. The van der Waals surface area contributed by atoms with E-state index in [1.165, 1.54) is 31.0 Å². The summed E-state index contributed by atoms with van der Waals surface area (Å²) >= 11 is 6.07. The number of ether oxygens (including phenoxy) is 2. The molecule has 0 saturated carbocycles. The van der Waals surface area contributed by atoms with Crippen molar-refractivity contribution >= 4 is 23.8 Å². The molecule has 0 saturated heterocycles. The van der Waals surface area contributed by atoms with E-state index in [2.05, 4.69) is 5.16 Å². The lowest BCUT2D eigenvalue weighted by atomic mass is 10.1. The van der Waals surface area contributed by atoms with Crippen molar-refractivity contribution in [3.8, 4) is 0 Å². The lowest BCUT2D eigenvalue weighted by Crippen LogP contribution is -2.22. The lowest BCUT2D eigenvalue weighted by molar-refractivity contribution is -0.0339. The van der Waals surface area contributed by atoms with E-state index < -0.39 is 5.97 Å². The number of pyridine rings is 1. The molecule has 0 amide bonds. The molecule has 8 heteroatoms. The maximum absolute atomic E-state index is 11.9. The smallest absolute Gasteiger partial charge is 0.341 e. The van der Waals surface area contributed by atoms with Crippen molar-refractivity contribution in [3.63, 3.8) is 0 Å². The van der Waals surface area contributed by atoms with Crippen molar-refractivity contribution in [1.29, 1.82) is 0 Å². The molecule has 0 aliphatic rings. The minimum absolute atomic E-state index is 0.0252. The first-order chi connectivity index (χ1) is 11.2. The molecule has 24 heavy (non-hydrogen) atoms. The topological polar surface area (TPSA) is 79.1 Å². The van der Waals surface area contributed by atoms with Gasteiger partial charge < -0.3 is 18.9 Å². The van der Waals surface area contributed by atoms with Gasteiger partial charge in [-0.05, 0) is 26.3 Å². The summed E-state index contributed by atoms with van der Waals surface area (Å²) in [5, 5.41) is 3.81. The zero-order valence-corrected chi connectivity index (χ0v) is 15.3. The Hall–Kier alpha value is -1.86. The molecule has 7 nitrogen and oxygen atoms in total. The van der Waals surface area contributed by atoms with E-state index in [1.54, 1.807) is 0 Å². The summed E-state index contributed by atoms with van der Waals surface area (Å²) in [6.07, 6.45) is 1.66. The predicted molar refractivity (Wildman–Crippen MR) is 91.9 cm³/mol. The van der Waals surface area contributed by atoms with Crippen LogP contribution in [0.2, 0.25) is 5.15 Å². The van der Waals surface area contributed by atoms with Crippen molar-refractivity contribution in [2.75, 3.05) is 20.3 Å². The van der Waals surface area contributed by atoms with E-state index >= 15 is 0 Å². The highest BCUT2D eigenvalue weighted by molar-refractivity contribution is 6.32. The number of carbonyl (C=O) groups excluding carboxylic acids is 1. The number of aromatic nitrogens is 1. The molecule has 0 bridgehead atoms. The number of hydrogen-bond donors (Lipinski definition) is 0. The zero-order chi connectivity index (χ0) is 18.3. The summed E-state index contributed by atoms with van der Waals surface area (Å²) in [6.45, 7) is 6.56. The third-order valence-corrected chi connectivity index (χ3v) is 3.45. The van der Waals surface area contributed by atoms with Crippen LogP contribution in [-0.2, 0) is 27.8 Å². The Morgan fingerprint density at radius 1 is 1.38 bits per heavy atom. The van der Waals surface area contributed by atoms with Gasteiger partial charge in [-0.25, -0.2) is 4.79 Å². The molecular weight excluding hydrogens is 336 g/mol. The molecule has 0 spiro atoms. The van der Waals surface area contributed by atoms with Gasteiger partial charge in [0.1, 0.15) is 11.8 Å². The van der Waals surface area contributed by atoms with Crippen LogP contribution in [0.15, 0.2) is 16.0 Å². The number of halogens is 1. The van der Waals surface area contributed by atoms with E-state index in [1.807, 2.05) is 20.8 Å². The van der Waals surface area contributed by atoms with E-state index in [-0.39, 0.29) is 28.3 Å². The van der Waals surface area contributed by atoms with Gasteiger partial charge in [0, 0.05) is 25.7 Å². The van der Waals surface area contributed by atoms with E-state index in [9.17, 15) is 9.59 Å². The van der Waals surface area contributed by atoms with Gasteiger partial charge in [-0.15, -0.1) is 0 Å². The average Bonchev–Trinajstić information content (AvgIpc) is 2.50. The SMILES string of the molecule is COC(=O)c1c(CC=NOCCOC(C)(C)C)cc(=O)n(C)c1Cl. The van der Waals surface area contributed by atoms with Crippen LogP contribution in [0.3, 0.4) is 0 Å². The van der Waals surface area contributed by atoms with Crippen LogP contribution < -0.4 is 5.56 Å². The molecule has 0 unspecified atom stereocenters. The van der Waals surface area contributed by atoms with Gasteiger partial charge >= 0.3 is 5.97 Å². The number of hydrogen-bond acceptors (Lipinski definition) is 6. The fourth-order valence-corrected chi connectivity index (χ4v) is 2.10. The van der Waals surface area contributed by atoms with Gasteiger partial charge in [0.15, 0.2) is 0 Å². The molecule has 1 rings (SSSR count). The number of nitrogens with zero attached hydrogens (tertiary/aromatic N) is 2. The highest BCUT2D eigenvalue weighted by Crippen LogP contribution is 2.19. The van der Waals surface area contributed by atoms with Crippen molar-refractivity contribution in [1.82, 2.24) is 4.57 Å². The summed E-state index contributed by atoms with van der Waals surface area (Å²) in [4.78, 5) is 28.8. The Labute approximate surface area is 146 Å². The number of methoxy groups -OCH3 is 1. The van der Waals surface area contributed by atoms with Crippen LogP contribution in [0.25, 0.3) is 0 Å². The van der Waals surface area contributed by atoms with Gasteiger partial charge in [-0.3, -0.25) is 4.79 Å². The Balaban J connectivity index is 2.72. The molecule has 0 radical (unpaired) electrons. The third kappa shape index (κ3) is 5.98. The average molecular weight is 359 g/mol. The normalized spacial score (nSPS) is 11.8. The van der Waals surface area contributed by atoms with Gasteiger partial charge in [-0.2, -0.15) is 0 Å². The molecule has 0 fully saturated rings. The molecule has 0 aliphatic heterocycles. The largest absolute Gasteiger partial charge is 0.465 e. The summed E-state index contributed by atoms with van der Waals surface area (Å²) < 4.78 is 11.4. The summed E-state index contributed by atoms with van der Waals surface area (Å²) in [7, 11) is 2.73. The molecule has 1 aromatic rings. The quantitative estimate of drug-likeness (QED) is 0.245. The van der Waals surface area contributed by atoms with Crippen LogP contribution in [-0.4, -0.2) is 42.7 Å². The minimum atomic E-state index is -0.613. The Morgan fingerprint density at radius 3 is 2.62 bits per heavy atom. The highest BCUT2D eigenvalue weighted by atomic mass is 35.5. The van der Waals surface area contributed by atoms with Gasteiger partial charge in [0.25, 0.3) is 5.56 Å². The maximum Gasteiger partial charge on any atom is 0.341 e. The monoisotopic (exact) mass is 358 g/mol. The number of esters is 1.